The number of carboxylic acid groups (broad SMARTS) is 1. The zero-order valence-electron chi connectivity index (χ0n) is 11.8. The van der Waals surface area contributed by atoms with Gasteiger partial charge in [0.05, 0.1) is 0 Å². The van der Waals surface area contributed by atoms with E-state index in [0.717, 1.165) is 31.3 Å². The van der Waals surface area contributed by atoms with Gasteiger partial charge in [-0.05, 0) is 44.1 Å². The van der Waals surface area contributed by atoms with Crippen molar-refractivity contribution in [2.75, 3.05) is 6.61 Å². The van der Waals surface area contributed by atoms with Gasteiger partial charge in [-0.3, -0.25) is 0 Å². The van der Waals surface area contributed by atoms with Crippen LogP contribution in [-0.4, -0.2) is 23.3 Å². The third kappa shape index (κ3) is 3.70. The molecule has 0 aromatic heterocycles. The molecule has 3 nitrogen and oxygen atoms in total. The highest BCUT2D eigenvalue weighted by Gasteiger charge is 2.41. The molecule has 108 valence electrons. The zero-order valence-corrected chi connectivity index (χ0v) is 11.8. The van der Waals surface area contributed by atoms with Gasteiger partial charge in [0.25, 0.3) is 0 Å². The van der Waals surface area contributed by atoms with Gasteiger partial charge < -0.3 is 9.84 Å². The second-order valence-corrected chi connectivity index (χ2v) is 5.49. The third-order valence-electron chi connectivity index (χ3n) is 3.99. The van der Waals surface area contributed by atoms with Crippen molar-refractivity contribution < 1.29 is 14.6 Å². The van der Waals surface area contributed by atoms with Crippen LogP contribution >= 0.6 is 0 Å². The van der Waals surface area contributed by atoms with E-state index in [-0.39, 0.29) is 0 Å². The number of carbonyl (C=O) groups is 1. The van der Waals surface area contributed by atoms with Crippen molar-refractivity contribution in [3.8, 4) is 0 Å². The summed E-state index contributed by atoms with van der Waals surface area (Å²) in [6.07, 6.45) is 4.37. The van der Waals surface area contributed by atoms with Crippen LogP contribution in [0.4, 0.5) is 0 Å². The Labute approximate surface area is 120 Å². The molecular formula is C17H22O3. The number of aliphatic carboxylic acids is 1. The predicted molar refractivity (Wildman–Crippen MR) is 78.7 cm³/mol. The molecule has 0 unspecified atom stereocenters. The van der Waals surface area contributed by atoms with Crippen LogP contribution in [-0.2, 0) is 16.0 Å². The van der Waals surface area contributed by atoms with Crippen LogP contribution < -0.4 is 0 Å². The van der Waals surface area contributed by atoms with Crippen LogP contribution in [0.1, 0.15) is 37.7 Å². The lowest BCUT2D eigenvalue weighted by Gasteiger charge is -2.34. The fourth-order valence-electron chi connectivity index (χ4n) is 2.62. The lowest BCUT2D eigenvalue weighted by Crippen LogP contribution is -2.44. The molecule has 0 aliphatic heterocycles. The molecule has 0 bridgehead atoms. The van der Waals surface area contributed by atoms with Gasteiger partial charge in [-0.1, -0.05) is 42.5 Å². The Bertz CT molecular complexity index is 454. The van der Waals surface area contributed by atoms with Crippen LogP contribution in [0.2, 0.25) is 0 Å². The number of hydrogen-bond donors (Lipinski definition) is 1. The fraction of sp³-hybridized carbons (Fsp3) is 0.471. The first-order valence-electron chi connectivity index (χ1n) is 7.20. The fourth-order valence-corrected chi connectivity index (χ4v) is 2.62. The molecule has 3 heteroatoms. The summed E-state index contributed by atoms with van der Waals surface area (Å²) in [7, 11) is 0. The maximum Gasteiger partial charge on any atom is 0.335 e. The molecule has 1 aliphatic carbocycles. The van der Waals surface area contributed by atoms with Crippen molar-refractivity contribution >= 4 is 5.97 Å². The summed E-state index contributed by atoms with van der Waals surface area (Å²) in [6, 6.07) is 10.2. The first-order chi connectivity index (χ1) is 9.62. The number of rotatable bonds is 6. The molecular weight excluding hydrogens is 252 g/mol. The highest BCUT2D eigenvalue weighted by atomic mass is 16.5. The molecule has 1 fully saturated rings. The summed E-state index contributed by atoms with van der Waals surface area (Å²) in [4.78, 5) is 11.5. The number of ether oxygens (including phenoxy) is 1. The first kappa shape index (κ1) is 14.8. The van der Waals surface area contributed by atoms with E-state index in [9.17, 15) is 9.90 Å². The first-order valence-corrected chi connectivity index (χ1v) is 7.20. The van der Waals surface area contributed by atoms with Gasteiger partial charge in [-0.25, -0.2) is 4.79 Å². The zero-order chi connectivity index (χ0) is 14.4. The van der Waals surface area contributed by atoms with Crippen molar-refractivity contribution in [2.45, 2.75) is 44.1 Å². The van der Waals surface area contributed by atoms with E-state index in [2.05, 4.69) is 18.7 Å². The number of aryl methyl sites for hydroxylation is 1. The number of benzene rings is 1. The topological polar surface area (TPSA) is 46.5 Å². The Hall–Kier alpha value is -1.61. The monoisotopic (exact) mass is 274 g/mol. The van der Waals surface area contributed by atoms with Gasteiger partial charge in [0.15, 0.2) is 5.60 Å². The van der Waals surface area contributed by atoms with E-state index >= 15 is 0 Å². The maximum absolute atomic E-state index is 11.5. The Morgan fingerprint density at radius 2 is 1.90 bits per heavy atom. The van der Waals surface area contributed by atoms with Gasteiger partial charge in [-0.15, -0.1) is 0 Å². The minimum atomic E-state index is -0.988. The molecule has 0 saturated heterocycles. The quantitative estimate of drug-likeness (QED) is 0.637. The summed E-state index contributed by atoms with van der Waals surface area (Å²) in [5.74, 6) is -0.829. The molecule has 1 aromatic carbocycles. The van der Waals surface area contributed by atoms with Gasteiger partial charge in [0.2, 0.25) is 0 Å². The minimum Gasteiger partial charge on any atom is -0.479 e. The lowest BCUT2D eigenvalue weighted by molar-refractivity contribution is -0.169. The normalized spacial score (nSPS) is 17.9. The number of carboxylic acids is 1. The number of allylic oxidation sites excluding steroid dienone is 1. The average molecular weight is 274 g/mol. The molecule has 1 aliphatic rings. The van der Waals surface area contributed by atoms with E-state index in [1.807, 2.05) is 18.2 Å². The summed E-state index contributed by atoms with van der Waals surface area (Å²) >= 11 is 0. The Morgan fingerprint density at radius 1 is 1.25 bits per heavy atom. The van der Waals surface area contributed by atoms with Crippen molar-refractivity contribution in [1.29, 1.82) is 0 Å². The van der Waals surface area contributed by atoms with E-state index in [1.54, 1.807) is 0 Å². The summed E-state index contributed by atoms with van der Waals surface area (Å²) in [6.45, 7) is 4.42. The molecule has 0 spiro atoms. The minimum absolute atomic E-state index is 0.494. The van der Waals surface area contributed by atoms with Crippen LogP contribution in [0, 0.1) is 0 Å². The Kier molecular flexibility index (Phi) is 4.96. The van der Waals surface area contributed by atoms with E-state index in [4.69, 9.17) is 4.74 Å². The van der Waals surface area contributed by atoms with Crippen molar-refractivity contribution in [1.82, 2.24) is 0 Å². The molecule has 1 aromatic rings. The summed E-state index contributed by atoms with van der Waals surface area (Å²) in [5.41, 5.74) is 1.41. The second-order valence-electron chi connectivity index (χ2n) is 5.49. The smallest absolute Gasteiger partial charge is 0.335 e. The van der Waals surface area contributed by atoms with Crippen LogP contribution in [0.3, 0.4) is 0 Å². The molecule has 1 saturated carbocycles. The Balaban J connectivity index is 1.81. The molecule has 20 heavy (non-hydrogen) atoms. The molecule has 2 rings (SSSR count). The van der Waals surface area contributed by atoms with Crippen LogP contribution in [0.25, 0.3) is 0 Å². The average Bonchev–Trinajstić information content (AvgIpc) is 2.47. The standard InChI is InChI=1S/C17H22O3/c1-14-9-11-17(12-10-14,16(18)19)20-13-5-8-15-6-3-2-4-7-15/h2-4,6-7H,1,5,8-13H2,(H,18,19). The summed E-state index contributed by atoms with van der Waals surface area (Å²) in [5, 5.41) is 9.44. The van der Waals surface area contributed by atoms with E-state index in [1.165, 1.54) is 5.56 Å². The van der Waals surface area contributed by atoms with Crippen molar-refractivity contribution in [3.63, 3.8) is 0 Å². The van der Waals surface area contributed by atoms with Gasteiger partial charge >= 0.3 is 5.97 Å². The molecule has 0 radical (unpaired) electrons. The molecule has 1 N–H and O–H groups in total. The number of hydrogen-bond acceptors (Lipinski definition) is 2. The second kappa shape index (κ2) is 6.71. The van der Waals surface area contributed by atoms with Gasteiger partial charge in [0, 0.05) is 6.61 Å². The lowest BCUT2D eigenvalue weighted by atomic mass is 9.82. The Morgan fingerprint density at radius 3 is 2.50 bits per heavy atom. The van der Waals surface area contributed by atoms with E-state index < -0.39 is 11.6 Å². The van der Waals surface area contributed by atoms with Gasteiger partial charge in [0.1, 0.15) is 0 Å². The molecule has 0 atom stereocenters. The van der Waals surface area contributed by atoms with Crippen molar-refractivity contribution in [2.24, 2.45) is 0 Å². The van der Waals surface area contributed by atoms with E-state index in [0.29, 0.717) is 19.4 Å². The van der Waals surface area contributed by atoms with Gasteiger partial charge in [-0.2, -0.15) is 0 Å². The summed E-state index contributed by atoms with van der Waals surface area (Å²) < 4.78 is 5.76. The molecule has 0 heterocycles. The van der Waals surface area contributed by atoms with Crippen molar-refractivity contribution in [3.05, 3.63) is 48.0 Å². The van der Waals surface area contributed by atoms with Crippen LogP contribution in [0.5, 0.6) is 0 Å². The largest absolute Gasteiger partial charge is 0.479 e. The predicted octanol–water partition coefficient (Wildman–Crippen LogP) is 3.59. The molecule has 0 amide bonds. The SMILES string of the molecule is C=C1CCC(OCCCc2ccccc2)(C(=O)O)CC1. The highest BCUT2D eigenvalue weighted by Crippen LogP contribution is 2.34. The highest BCUT2D eigenvalue weighted by molar-refractivity contribution is 5.77. The maximum atomic E-state index is 11.5. The third-order valence-corrected chi connectivity index (χ3v) is 3.99. The van der Waals surface area contributed by atoms with Crippen LogP contribution in [0.15, 0.2) is 42.5 Å².